The van der Waals surface area contributed by atoms with Crippen LogP contribution >= 0.6 is 45.2 Å². The lowest BCUT2D eigenvalue weighted by Gasteiger charge is -2.02. The lowest BCUT2D eigenvalue weighted by atomic mass is 10.2. The van der Waals surface area contributed by atoms with Gasteiger partial charge < -0.3 is 5.73 Å². The molecule has 0 spiro atoms. The van der Waals surface area contributed by atoms with E-state index in [1.54, 1.807) is 6.07 Å². The molecule has 0 aliphatic heterocycles. The Labute approximate surface area is 96.0 Å². The van der Waals surface area contributed by atoms with Gasteiger partial charge >= 0.3 is 0 Å². The first-order valence-corrected chi connectivity index (χ1v) is 5.13. The summed E-state index contributed by atoms with van der Waals surface area (Å²) in [6.45, 7) is 0. The summed E-state index contributed by atoms with van der Waals surface area (Å²) >= 11 is 3.92. The van der Waals surface area contributed by atoms with Gasteiger partial charge in [0.1, 0.15) is 5.82 Å². The first kappa shape index (κ1) is 10.2. The van der Waals surface area contributed by atoms with Crippen LogP contribution < -0.4 is 5.73 Å². The molecule has 0 saturated heterocycles. The van der Waals surface area contributed by atoms with Gasteiger partial charge in [-0.15, -0.1) is 0 Å². The Kier molecular flexibility index (Phi) is 3.27. The third kappa shape index (κ3) is 1.87. The molecule has 0 radical (unpaired) electrons. The second-order valence-corrected chi connectivity index (χ2v) is 4.32. The lowest BCUT2D eigenvalue weighted by Crippen LogP contribution is -2.15. The van der Waals surface area contributed by atoms with Gasteiger partial charge in [-0.1, -0.05) is 0 Å². The fraction of sp³-hybridized carbons (Fsp3) is 0. The maximum atomic E-state index is 13.0. The molecule has 1 rings (SSSR count). The summed E-state index contributed by atoms with van der Waals surface area (Å²) in [5.74, 6) is -1.29. The van der Waals surface area contributed by atoms with E-state index < -0.39 is 11.7 Å². The molecular weight excluding hydrogens is 387 g/mol. The largest absolute Gasteiger partial charge is 0.365 e. The van der Waals surface area contributed by atoms with Crippen LogP contribution in [0.1, 0.15) is 10.4 Å². The van der Waals surface area contributed by atoms with E-state index in [2.05, 4.69) is 0 Å². The van der Waals surface area contributed by atoms with Gasteiger partial charge in [0.15, 0.2) is 0 Å². The van der Waals surface area contributed by atoms with Gasteiger partial charge in [-0.2, -0.15) is 0 Å². The molecule has 2 N–H and O–H groups in total. The standard InChI is InChI=1S/C7H4FI2NO/c8-3-1-2-4(9)6(10)5(3)7(11)12/h1-2H,(H2,11,12). The van der Waals surface area contributed by atoms with Gasteiger partial charge in [0.2, 0.25) is 0 Å². The van der Waals surface area contributed by atoms with Gasteiger partial charge in [0, 0.05) is 7.14 Å². The van der Waals surface area contributed by atoms with Crippen molar-refractivity contribution in [1.82, 2.24) is 0 Å². The van der Waals surface area contributed by atoms with Crippen molar-refractivity contribution < 1.29 is 9.18 Å². The van der Waals surface area contributed by atoms with Crippen molar-refractivity contribution in [3.8, 4) is 0 Å². The summed E-state index contributed by atoms with van der Waals surface area (Å²) in [5.41, 5.74) is 4.97. The fourth-order valence-corrected chi connectivity index (χ4v) is 1.91. The van der Waals surface area contributed by atoms with E-state index in [1.165, 1.54) is 6.07 Å². The van der Waals surface area contributed by atoms with Crippen molar-refractivity contribution in [3.05, 3.63) is 30.7 Å². The molecule has 12 heavy (non-hydrogen) atoms. The molecule has 0 heterocycles. The summed E-state index contributed by atoms with van der Waals surface area (Å²) < 4.78 is 14.4. The molecule has 0 atom stereocenters. The van der Waals surface area contributed by atoms with Crippen molar-refractivity contribution in [2.24, 2.45) is 5.73 Å². The van der Waals surface area contributed by atoms with E-state index in [0.717, 1.165) is 3.57 Å². The van der Waals surface area contributed by atoms with Gasteiger partial charge in [-0.05, 0) is 57.3 Å². The zero-order valence-corrected chi connectivity index (χ0v) is 10.1. The first-order valence-electron chi connectivity index (χ1n) is 2.97. The Hall–Kier alpha value is 0.0800. The molecule has 0 aliphatic carbocycles. The number of carbonyl (C=O) groups excluding carboxylic acids is 1. The first-order chi connectivity index (χ1) is 5.54. The summed E-state index contributed by atoms with van der Waals surface area (Å²) in [6, 6.07) is 2.84. The average Bonchev–Trinajstić information content (AvgIpc) is 1.97. The lowest BCUT2D eigenvalue weighted by molar-refractivity contribution is 0.0995. The normalized spacial score (nSPS) is 9.92. The van der Waals surface area contributed by atoms with Crippen LogP contribution in [-0.2, 0) is 0 Å². The predicted octanol–water partition coefficient (Wildman–Crippen LogP) is 2.13. The molecule has 1 amide bonds. The van der Waals surface area contributed by atoms with Gasteiger partial charge in [-0.25, -0.2) is 4.39 Å². The summed E-state index contributed by atoms with van der Waals surface area (Å²) in [4.78, 5) is 10.8. The number of benzene rings is 1. The average molecular weight is 391 g/mol. The van der Waals surface area contributed by atoms with E-state index in [0.29, 0.717) is 3.57 Å². The number of primary amides is 1. The highest BCUT2D eigenvalue weighted by molar-refractivity contribution is 14.1. The quantitative estimate of drug-likeness (QED) is 0.579. The molecule has 0 saturated carbocycles. The predicted molar refractivity (Wildman–Crippen MR) is 60.4 cm³/mol. The van der Waals surface area contributed by atoms with Crippen LogP contribution in [-0.4, -0.2) is 5.91 Å². The second-order valence-electron chi connectivity index (χ2n) is 2.08. The third-order valence-electron chi connectivity index (χ3n) is 1.29. The van der Waals surface area contributed by atoms with Gasteiger partial charge in [-0.3, -0.25) is 4.79 Å². The number of hydrogen-bond donors (Lipinski definition) is 1. The molecule has 1 aromatic rings. The van der Waals surface area contributed by atoms with Crippen LogP contribution in [0.3, 0.4) is 0 Å². The molecule has 0 bridgehead atoms. The number of carbonyl (C=O) groups is 1. The van der Waals surface area contributed by atoms with Crippen molar-refractivity contribution in [3.63, 3.8) is 0 Å². The Morgan fingerprint density at radius 1 is 1.42 bits per heavy atom. The second kappa shape index (κ2) is 3.86. The van der Waals surface area contributed by atoms with E-state index in [-0.39, 0.29) is 5.56 Å². The molecule has 2 nitrogen and oxygen atoms in total. The number of nitrogens with two attached hydrogens (primary N) is 1. The number of rotatable bonds is 1. The number of halogens is 3. The highest BCUT2D eigenvalue weighted by Crippen LogP contribution is 2.21. The summed E-state index contributed by atoms with van der Waals surface area (Å²) in [6.07, 6.45) is 0. The summed E-state index contributed by atoms with van der Waals surface area (Å²) in [7, 11) is 0. The maximum Gasteiger partial charge on any atom is 0.252 e. The van der Waals surface area contributed by atoms with Crippen LogP contribution in [0.15, 0.2) is 12.1 Å². The minimum atomic E-state index is -0.726. The number of amides is 1. The van der Waals surface area contributed by atoms with E-state index >= 15 is 0 Å². The van der Waals surface area contributed by atoms with Crippen molar-refractivity contribution in [1.29, 1.82) is 0 Å². The molecular formula is C7H4FI2NO. The summed E-state index contributed by atoms with van der Waals surface area (Å²) in [5, 5.41) is 0. The molecule has 5 heteroatoms. The smallest absolute Gasteiger partial charge is 0.252 e. The van der Waals surface area contributed by atoms with E-state index in [4.69, 9.17) is 5.73 Å². The van der Waals surface area contributed by atoms with Crippen LogP contribution in [0.25, 0.3) is 0 Å². The van der Waals surface area contributed by atoms with Crippen molar-refractivity contribution in [2.45, 2.75) is 0 Å². The van der Waals surface area contributed by atoms with E-state index in [9.17, 15) is 9.18 Å². The number of hydrogen-bond acceptors (Lipinski definition) is 1. The van der Waals surface area contributed by atoms with Crippen molar-refractivity contribution >= 4 is 51.1 Å². The molecule has 0 aliphatic rings. The zero-order valence-electron chi connectivity index (χ0n) is 5.77. The molecule has 64 valence electrons. The van der Waals surface area contributed by atoms with E-state index in [1.807, 2.05) is 45.2 Å². The Morgan fingerprint density at radius 2 is 2.00 bits per heavy atom. The highest BCUT2D eigenvalue weighted by atomic mass is 127. The minimum Gasteiger partial charge on any atom is -0.365 e. The molecule has 1 aromatic carbocycles. The van der Waals surface area contributed by atoms with Gasteiger partial charge in [0.25, 0.3) is 5.91 Å². The zero-order chi connectivity index (χ0) is 9.30. The SMILES string of the molecule is NC(=O)c1c(F)ccc(I)c1I. The Morgan fingerprint density at radius 3 is 2.42 bits per heavy atom. The van der Waals surface area contributed by atoms with Crippen LogP contribution in [0, 0.1) is 13.0 Å². The molecule has 0 fully saturated rings. The van der Waals surface area contributed by atoms with Crippen LogP contribution in [0.4, 0.5) is 4.39 Å². The minimum absolute atomic E-state index is 0.0255. The molecule has 0 aromatic heterocycles. The monoisotopic (exact) mass is 391 g/mol. The highest BCUT2D eigenvalue weighted by Gasteiger charge is 2.14. The maximum absolute atomic E-state index is 13.0. The van der Waals surface area contributed by atoms with Crippen LogP contribution in [0.2, 0.25) is 0 Å². The fourth-order valence-electron chi connectivity index (χ4n) is 0.753. The Balaban J connectivity index is 3.43. The van der Waals surface area contributed by atoms with Gasteiger partial charge in [0.05, 0.1) is 5.56 Å². The Bertz CT molecular complexity index is 340. The topological polar surface area (TPSA) is 43.1 Å². The molecule has 0 unspecified atom stereocenters. The van der Waals surface area contributed by atoms with Crippen molar-refractivity contribution in [2.75, 3.05) is 0 Å². The van der Waals surface area contributed by atoms with Crippen LogP contribution in [0.5, 0.6) is 0 Å². The third-order valence-corrected chi connectivity index (χ3v) is 4.34.